The maximum Gasteiger partial charge on any atom is 0.393 e. The fourth-order valence-corrected chi connectivity index (χ4v) is 4.15. The Morgan fingerprint density at radius 2 is 1.67 bits per heavy atom. The summed E-state index contributed by atoms with van der Waals surface area (Å²) in [5.41, 5.74) is 3.85. The molecule has 0 unspecified atom stereocenters. The summed E-state index contributed by atoms with van der Waals surface area (Å²) >= 11 is 1.60. The van der Waals surface area contributed by atoms with Crippen LogP contribution in [0, 0.1) is 6.92 Å². The third-order valence-electron chi connectivity index (χ3n) is 4.79. The lowest BCUT2D eigenvalue weighted by Gasteiger charge is -2.12. The van der Waals surface area contributed by atoms with Crippen molar-refractivity contribution < 1.29 is 27.8 Å². The van der Waals surface area contributed by atoms with Crippen LogP contribution in [0.15, 0.2) is 83.8 Å². The van der Waals surface area contributed by atoms with Crippen LogP contribution in [-0.4, -0.2) is 29.6 Å². The van der Waals surface area contributed by atoms with E-state index in [4.69, 9.17) is 9.84 Å². The first-order chi connectivity index (χ1) is 15.7. The second-order valence-corrected chi connectivity index (χ2v) is 8.49. The predicted octanol–water partition coefficient (Wildman–Crippen LogP) is 6.79. The molecule has 3 rings (SSSR count). The number of ether oxygens (including phenoxy) is 1. The van der Waals surface area contributed by atoms with Gasteiger partial charge in [0.25, 0.3) is 0 Å². The number of aryl methyl sites for hydroxylation is 1. The highest BCUT2D eigenvalue weighted by Gasteiger charge is 2.27. The Labute approximate surface area is 194 Å². The summed E-state index contributed by atoms with van der Waals surface area (Å²) in [5.74, 6) is 0.141. The molecular weight excluding hydrogens is 449 g/mol. The van der Waals surface area contributed by atoms with E-state index in [1.54, 1.807) is 30.0 Å². The third kappa shape index (κ3) is 7.71. The van der Waals surface area contributed by atoms with Gasteiger partial charge < -0.3 is 9.84 Å². The second kappa shape index (κ2) is 11.1. The first-order valence-corrected chi connectivity index (χ1v) is 11.2. The van der Waals surface area contributed by atoms with Gasteiger partial charge in [-0.05, 0) is 52.9 Å². The van der Waals surface area contributed by atoms with Crippen molar-refractivity contribution in [2.24, 2.45) is 0 Å². The molecule has 3 nitrogen and oxygen atoms in total. The summed E-state index contributed by atoms with van der Waals surface area (Å²) in [4.78, 5) is 11.7. The van der Waals surface area contributed by atoms with E-state index < -0.39 is 25.2 Å². The van der Waals surface area contributed by atoms with Crippen molar-refractivity contribution in [3.63, 3.8) is 0 Å². The first kappa shape index (κ1) is 24.5. The largest absolute Gasteiger partial charge is 0.482 e. The molecule has 0 aliphatic rings. The van der Waals surface area contributed by atoms with Crippen molar-refractivity contribution in [2.45, 2.75) is 24.4 Å². The van der Waals surface area contributed by atoms with Crippen molar-refractivity contribution in [3.05, 3.63) is 101 Å². The van der Waals surface area contributed by atoms with Crippen LogP contribution in [-0.2, 0) is 11.2 Å². The number of carboxylic acid groups (broad SMARTS) is 1. The van der Waals surface area contributed by atoms with E-state index in [1.807, 2.05) is 49.4 Å². The number of hydrogen-bond donors (Lipinski definition) is 1. The van der Waals surface area contributed by atoms with E-state index >= 15 is 0 Å². The number of alkyl halides is 3. The van der Waals surface area contributed by atoms with E-state index in [0.29, 0.717) is 11.5 Å². The quantitative estimate of drug-likeness (QED) is 0.349. The van der Waals surface area contributed by atoms with Gasteiger partial charge in [-0.25, -0.2) is 4.79 Å². The fraction of sp³-hybridized carbons (Fsp3) is 0.192. The molecule has 0 aliphatic carbocycles. The first-order valence-electron chi connectivity index (χ1n) is 10.2. The molecule has 0 aromatic heterocycles. The molecule has 3 aromatic carbocycles. The molecule has 0 bridgehead atoms. The summed E-state index contributed by atoms with van der Waals surface area (Å²) in [6.07, 6.45) is -3.12. The molecule has 0 amide bonds. The highest BCUT2D eigenvalue weighted by molar-refractivity contribution is 7.99. The van der Waals surface area contributed by atoms with E-state index in [0.717, 1.165) is 27.2 Å². The monoisotopic (exact) mass is 472 g/mol. The fourth-order valence-electron chi connectivity index (χ4n) is 3.29. The normalized spacial score (nSPS) is 11.9. The van der Waals surface area contributed by atoms with E-state index in [2.05, 4.69) is 6.08 Å². The lowest BCUT2D eigenvalue weighted by atomic mass is 9.96. The molecule has 172 valence electrons. The summed E-state index contributed by atoms with van der Waals surface area (Å²) < 4.78 is 43.3. The molecule has 0 saturated heterocycles. The summed E-state index contributed by atoms with van der Waals surface area (Å²) in [7, 11) is 0. The van der Waals surface area contributed by atoms with Gasteiger partial charge in [-0.15, -0.1) is 11.8 Å². The third-order valence-corrected chi connectivity index (χ3v) is 5.71. The predicted molar refractivity (Wildman–Crippen MR) is 125 cm³/mol. The number of halogens is 3. The van der Waals surface area contributed by atoms with Gasteiger partial charge in [0.15, 0.2) is 6.61 Å². The molecule has 0 aliphatic heterocycles. The van der Waals surface area contributed by atoms with Crippen LogP contribution in [0.1, 0.15) is 22.3 Å². The van der Waals surface area contributed by atoms with Gasteiger partial charge in [0.05, 0.1) is 6.42 Å². The zero-order chi connectivity index (χ0) is 23.8. The van der Waals surface area contributed by atoms with Crippen LogP contribution in [0.25, 0.3) is 5.57 Å². The van der Waals surface area contributed by atoms with Crippen molar-refractivity contribution in [2.75, 3.05) is 12.4 Å². The minimum absolute atomic E-state index is 0.230. The molecule has 3 aromatic rings. The smallest absolute Gasteiger partial charge is 0.393 e. The number of aliphatic carboxylic acids is 1. The molecule has 0 fully saturated rings. The highest BCUT2D eigenvalue weighted by atomic mass is 32.2. The maximum absolute atomic E-state index is 12.7. The zero-order valence-corrected chi connectivity index (χ0v) is 18.7. The number of benzene rings is 3. The van der Waals surface area contributed by atoms with Crippen molar-refractivity contribution >= 4 is 23.3 Å². The van der Waals surface area contributed by atoms with Gasteiger partial charge in [-0.2, -0.15) is 13.2 Å². The molecule has 33 heavy (non-hydrogen) atoms. The molecule has 0 heterocycles. The number of carboxylic acids is 1. The summed E-state index contributed by atoms with van der Waals surface area (Å²) in [6, 6.07) is 21.8. The highest BCUT2D eigenvalue weighted by Crippen LogP contribution is 2.29. The lowest BCUT2D eigenvalue weighted by Crippen LogP contribution is -2.11. The average molecular weight is 473 g/mol. The lowest BCUT2D eigenvalue weighted by molar-refractivity contribution is -0.139. The maximum atomic E-state index is 12.7. The molecule has 0 spiro atoms. The van der Waals surface area contributed by atoms with Gasteiger partial charge in [-0.1, -0.05) is 60.7 Å². The van der Waals surface area contributed by atoms with Crippen molar-refractivity contribution in [1.82, 2.24) is 0 Å². The van der Waals surface area contributed by atoms with Gasteiger partial charge in [0, 0.05) is 10.6 Å². The van der Waals surface area contributed by atoms with Gasteiger partial charge in [0.2, 0.25) is 0 Å². The van der Waals surface area contributed by atoms with Gasteiger partial charge in [-0.3, -0.25) is 0 Å². The number of hydrogen-bond acceptors (Lipinski definition) is 3. The standard InChI is InChI=1S/C26H23F3O3S/c1-18-15-22(11-12-24(18)32-17-25(30)31)33-14-13-23(20-5-3-2-4-6-20)21-9-7-19(8-10-21)16-26(27,28)29/h2-13,15H,14,16-17H2,1H3,(H,30,31). The van der Waals surface area contributed by atoms with Crippen LogP contribution in [0.5, 0.6) is 5.75 Å². The minimum Gasteiger partial charge on any atom is -0.482 e. The van der Waals surface area contributed by atoms with Gasteiger partial charge >= 0.3 is 12.1 Å². The molecule has 0 atom stereocenters. The molecule has 0 radical (unpaired) electrons. The van der Waals surface area contributed by atoms with Crippen LogP contribution in [0.2, 0.25) is 0 Å². The molecular formula is C26H23F3O3S. The van der Waals surface area contributed by atoms with Crippen LogP contribution < -0.4 is 4.74 Å². The topological polar surface area (TPSA) is 46.5 Å². The van der Waals surface area contributed by atoms with E-state index in [9.17, 15) is 18.0 Å². The SMILES string of the molecule is Cc1cc(SCC=C(c2ccccc2)c2ccc(CC(F)(F)F)cc2)ccc1OCC(=O)O. The molecule has 7 heteroatoms. The Morgan fingerprint density at radius 3 is 2.27 bits per heavy atom. The number of carbonyl (C=O) groups is 1. The Balaban J connectivity index is 1.76. The Morgan fingerprint density at radius 1 is 1.00 bits per heavy atom. The zero-order valence-electron chi connectivity index (χ0n) is 17.9. The minimum atomic E-state index is -4.23. The Kier molecular flexibility index (Phi) is 8.22. The number of thioether (sulfide) groups is 1. The van der Waals surface area contributed by atoms with Crippen molar-refractivity contribution in [3.8, 4) is 5.75 Å². The van der Waals surface area contributed by atoms with Crippen LogP contribution in [0.4, 0.5) is 13.2 Å². The second-order valence-electron chi connectivity index (χ2n) is 7.39. The average Bonchev–Trinajstić information content (AvgIpc) is 2.76. The number of rotatable bonds is 9. The molecule has 0 saturated carbocycles. The summed E-state index contributed by atoms with van der Waals surface area (Å²) in [5, 5.41) is 8.76. The Bertz CT molecular complexity index is 1110. The van der Waals surface area contributed by atoms with Gasteiger partial charge in [0.1, 0.15) is 5.75 Å². The van der Waals surface area contributed by atoms with E-state index in [-0.39, 0.29) is 5.56 Å². The summed E-state index contributed by atoms with van der Waals surface area (Å²) in [6.45, 7) is 1.47. The Hall–Kier alpha value is -3.19. The van der Waals surface area contributed by atoms with E-state index in [1.165, 1.54) is 12.1 Å². The van der Waals surface area contributed by atoms with Crippen LogP contribution in [0.3, 0.4) is 0 Å². The van der Waals surface area contributed by atoms with Crippen LogP contribution >= 0.6 is 11.8 Å². The van der Waals surface area contributed by atoms with Crippen molar-refractivity contribution in [1.29, 1.82) is 0 Å². The molecule has 1 N–H and O–H groups in total.